The minimum Gasteiger partial charge on any atom is -0.465 e. The second-order valence-electron chi connectivity index (χ2n) is 6.22. The molecule has 3 rings (SSSR count). The van der Waals surface area contributed by atoms with Crippen LogP contribution in [0, 0.1) is 0 Å². The fourth-order valence-electron chi connectivity index (χ4n) is 3.38. The number of rotatable bonds is 5. The predicted octanol–water partition coefficient (Wildman–Crippen LogP) is 2.60. The molecule has 0 saturated carbocycles. The molecule has 1 atom stereocenters. The molecule has 0 aliphatic carbocycles. The van der Waals surface area contributed by atoms with E-state index in [1.54, 1.807) is 25.2 Å². The highest BCUT2D eigenvalue weighted by Crippen LogP contribution is 2.31. The van der Waals surface area contributed by atoms with E-state index in [4.69, 9.17) is 4.74 Å². The Balaban J connectivity index is 1.74. The van der Waals surface area contributed by atoms with Crippen LogP contribution in [0.4, 0.5) is 5.69 Å². The SMILES string of the molecule is COC(=O)c1ccccc1N(C)C(=O)CN1CCC[C@@H]1c1ccc[nH]1. The predicted molar refractivity (Wildman–Crippen MR) is 95.5 cm³/mol. The molecule has 0 bridgehead atoms. The summed E-state index contributed by atoms with van der Waals surface area (Å²) in [5, 5.41) is 0. The Bertz CT molecular complexity index is 742. The van der Waals surface area contributed by atoms with Crippen LogP contribution in [-0.2, 0) is 9.53 Å². The van der Waals surface area contributed by atoms with Crippen molar-refractivity contribution in [2.24, 2.45) is 0 Å². The van der Waals surface area contributed by atoms with E-state index in [-0.39, 0.29) is 11.9 Å². The maximum atomic E-state index is 12.8. The van der Waals surface area contributed by atoms with E-state index < -0.39 is 5.97 Å². The first kappa shape index (κ1) is 17.2. The zero-order valence-corrected chi connectivity index (χ0v) is 14.6. The van der Waals surface area contributed by atoms with Crippen molar-refractivity contribution in [1.82, 2.24) is 9.88 Å². The van der Waals surface area contributed by atoms with E-state index in [0.717, 1.165) is 25.1 Å². The molecule has 1 aromatic heterocycles. The normalized spacial score (nSPS) is 17.4. The molecule has 1 amide bonds. The van der Waals surface area contributed by atoms with Gasteiger partial charge in [-0.3, -0.25) is 9.69 Å². The zero-order valence-electron chi connectivity index (χ0n) is 14.6. The molecule has 2 heterocycles. The third-order valence-electron chi connectivity index (χ3n) is 4.73. The van der Waals surface area contributed by atoms with Gasteiger partial charge in [-0.25, -0.2) is 4.79 Å². The van der Waals surface area contributed by atoms with E-state index in [1.807, 2.05) is 18.3 Å². The Hall–Kier alpha value is -2.60. The van der Waals surface area contributed by atoms with Gasteiger partial charge < -0.3 is 14.6 Å². The first-order valence-electron chi connectivity index (χ1n) is 8.43. The molecule has 1 N–H and O–H groups in total. The fourth-order valence-corrected chi connectivity index (χ4v) is 3.38. The molecule has 1 saturated heterocycles. The van der Waals surface area contributed by atoms with E-state index in [9.17, 15) is 9.59 Å². The number of likely N-dealkylation sites (tertiary alicyclic amines) is 1. The summed E-state index contributed by atoms with van der Waals surface area (Å²) in [6.45, 7) is 1.21. The molecule has 6 heteroatoms. The molecule has 6 nitrogen and oxygen atoms in total. The van der Waals surface area contributed by atoms with Crippen molar-refractivity contribution < 1.29 is 14.3 Å². The van der Waals surface area contributed by atoms with Gasteiger partial charge in [0, 0.05) is 18.9 Å². The van der Waals surface area contributed by atoms with Crippen LogP contribution in [0.3, 0.4) is 0 Å². The third kappa shape index (κ3) is 3.58. The Labute approximate surface area is 147 Å². The van der Waals surface area contributed by atoms with Gasteiger partial charge in [-0.2, -0.15) is 0 Å². The van der Waals surface area contributed by atoms with Gasteiger partial charge >= 0.3 is 5.97 Å². The van der Waals surface area contributed by atoms with Crippen LogP contribution in [-0.4, -0.2) is 49.0 Å². The number of carbonyl (C=O) groups excluding carboxylic acids is 2. The summed E-state index contributed by atoms with van der Waals surface area (Å²) in [6.07, 6.45) is 4.02. The van der Waals surface area contributed by atoms with Gasteiger partial charge in [-0.1, -0.05) is 12.1 Å². The van der Waals surface area contributed by atoms with Gasteiger partial charge in [0.15, 0.2) is 0 Å². The zero-order chi connectivity index (χ0) is 17.8. The standard InChI is InChI=1S/C19H23N3O3/c1-21(16-9-4-3-7-14(16)19(24)25-2)18(23)13-22-12-6-10-17(22)15-8-5-11-20-15/h3-5,7-9,11,17,20H,6,10,12-13H2,1-2H3/t17-/m1/s1. The Morgan fingerprint density at radius 2 is 2.08 bits per heavy atom. The van der Waals surface area contributed by atoms with E-state index in [1.165, 1.54) is 12.0 Å². The molecule has 1 aromatic carbocycles. The quantitative estimate of drug-likeness (QED) is 0.849. The van der Waals surface area contributed by atoms with Crippen molar-refractivity contribution in [3.63, 3.8) is 0 Å². The Morgan fingerprint density at radius 3 is 2.80 bits per heavy atom. The number of hydrogen-bond donors (Lipinski definition) is 1. The number of aromatic nitrogens is 1. The first-order valence-corrected chi connectivity index (χ1v) is 8.43. The Morgan fingerprint density at radius 1 is 1.28 bits per heavy atom. The van der Waals surface area contributed by atoms with E-state index in [0.29, 0.717) is 17.8 Å². The lowest BCUT2D eigenvalue weighted by molar-refractivity contribution is -0.119. The van der Waals surface area contributed by atoms with Gasteiger partial charge in [0.2, 0.25) is 5.91 Å². The average molecular weight is 341 g/mol. The van der Waals surface area contributed by atoms with Gasteiger partial charge in [0.05, 0.1) is 30.9 Å². The second-order valence-corrected chi connectivity index (χ2v) is 6.22. The number of carbonyl (C=O) groups is 2. The van der Waals surface area contributed by atoms with Crippen LogP contribution in [0.1, 0.15) is 34.9 Å². The van der Waals surface area contributed by atoms with Crippen molar-refractivity contribution in [1.29, 1.82) is 0 Å². The maximum absolute atomic E-state index is 12.8. The summed E-state index contributed by atoms with van der Waals surface area (Å²) in [4.78, 5) is 31.7. The number of likely N-dealkylation sites (N-methyl/N-ethyl adjacent to an activating group) is 1. The van der Waals surface area contributed by atoms with Crippen molar-refractivity contribution >= 4 is 17.6 Å². The van der Waals surface area contributed by atoms with E-state index in [2.05, 4.69) is 16.0 Å². The van der Waals surface area contributed by atoms with Crippen molar-refractivity contribution in [3.05, 3.63) is 53.9 Å². The molecule has 0 spiro atoms. The van der Waals surface area contributed by atoms with E-state index >= 15 is 0 Å². The highest BCUT2D eigenvalue weighted by atomic mass is 16.5. The second kappa shape index (κ2) is 7.53. The number of H-pyrrole nitrogens is 1. The number of para-hydroxylation sites is 1. The number of aromatic amines is 1. The van der Waals surface area contributed by atoms with Crippen molar-refractivity contribution in [2.45, 2.75) is 18.9 Å². The van der Waals surface area contributed by atoms with Crippen LogP contribution >= 0.6 is 0 Å². The summed E-state index contributed by atoms with van der Waals surface area (Å²) in [5.74, 6) is -0.490. The molecule has 25 heavy (non-hydrogen) atoms. The summed E-state index contributed by atoms with van der Waals surface area (Å²) in [7, 11) is 3.04. The molecule has 132 valence electrons. The lowest BCUT2D eigenvalue weighted by Crippen LogP contribution is -2.38. The lowest BCUT2D eigenvalue weighted by Gasteiger charge is -2.26. The highest BCUT2D eigenvalue weighted by Gasteiger charge is 2.29. The molecule has 1 aliphatic rings. The van der Waals surface area contributed by atoms with Gasteiger partial charge in [-0.05, 0) is 43.7 Å². The topological polar surface area (TPSA) is 65.6 Å². The molecule has 1 fully saturated rings. The smallest absolute Gasteiger partial charge is 0.339 e. The van der Waals surface area contributed by atoms with Crippen molar-refractivity contribution in [3.8, 4) is 0 Å². The average Bonchev–Trinajstić information content (AvgIpc) is 3.31. The van der Waals surface area contributed by atoms with Crippen LogP contribution in [0.25, 0.3) is 0 Å². The van der Waals surface area contributed by atoms with Crippen LogP contribution < -0.4 is 4.90 Å². The number of amides is 1. The first-order chi connectivity index (χ1) is 12.1. The summed E-state index contributed by atoms with van der Waals surface area (Å²) in [6, 6.07) is 11.3. The summed E-state index contributed by atoms with van der Waals surface area (Å²) >= 11 is 0. The number of methoxy groups -OCH3 is 1. The van der Waals surface area contributed by atoms with Crippen LogP contribution in [0.15, 0.2) is 42.6 Å². The highest BCUT2D eigenvalue weighted by molar-refractivity contribution is 6.02. The fraction of sp³-hybridized carbons (Fsp3) is 0.368. The Kier molecular flexibility index (Phi) is 5.19. The van der Waals surface area contributed by atoms with Gasteiger partial charge in [0.25, 0.3) is 0 Å². The number of nitrogens with zero attached hydrogens (tertiary/aromatic N) is 2. The van der Waals surface area contributed by atoms with Crippen molar-refractivity contribution in [2.75, 3.05) is 32.1 Å². The summed E-state index contributed by atoms with van der Waals surface area (Å²) in [5.41, 5.74) is 2.10. The molecule has 0 unspecified atom stereocenters. The number of anilines is 1. The number of nitrogens with one attached hydrogen (secondary N) is 1. The molecule has 2 aromatic rings. The monoisotopic (exact) mass is 341 g/mol. The van der Waals surface area contributed by atoms with Gasteiger partial charge in [-0.15, -0.1) is 0 Å². The number of ether oxygens (including phenoxy) is 1. The van der Waals surface area contributed by atoms with Crippen LogP contribution in [0.2, 0.25) is 0 Å². The molecule has 0 radical (unpaired) electrons. The molecule has 1 aliphatic heterocycles. The minimum atomic E-state index is -0.444. The minimum absolute atomic E-state index is 0.0465. The lowest BCUT2D eigenvalue weighted by atomic mass is 10.1. The van der Waals surface area contributed by atoms with Gasteiger partial charge in [0.1, 0.15) is 0 Å². The maximum Gasteiger partial charge on any atom is 0.339 e. The number of benzene rings is 1. The largest absolute Gasteiger partial charge is 0.465 e. The molecular weight excluding hydrogens is 318 g/mol. The third-order valence-corrected chi connectivity index (χ3v) is 4.73. The number of esters is 1. The number of hydrogen-bond acceptors (Lipinski definition) is 4. The summed E-state index contributed by atoms with van der Waals surface area (Å²) < 4.78 is 4.81. The van der Waals surface area contributed by atoms with Crippen LogP contribution in [0.5, 0.6) is 0 Å². The molecular formula is C19H23N3O3.